The number of carbonyl (C=O) groups excluding carboxylic acids is 2. The molecule has 0 bridgehead atoms. The molecular formula is C34H34N2O5. The molecule has 7 heteroatoms. The number of para-hydroxylation sites is 1. The van der Waals surface area contributed by atoms with Crippen LogP contribution in [0.15, 0.2) is 97.1 Å². The molecule has 41 heavy (non-hydrogen) atoms. The Morgan fingerprint density at radius 2 is 1.39 bits per heavy atom. The van der Waals surface area contributed by atoms with Crippen molar-refractivity contribution in [2.75, 3.05) is 20.2 Å². The fourth-order valence-electron chi connectivity index (χ4n) is 4.68. The Hall–Kier alpha value is -4.91. The molecule has 4 rings (SSSR count). The van der Waals surface area contributed by atoms with Gasteiger partial charge in [-0.2, -0.15) is 0 Å². The number of rotatable bonds is 12. The van der Waals surface area contributed by atoms with Crippen molar-refractivity contribution in [2.45, 2.75) is 26.3 Å². The molecule has 4 aromatic carbocycles. The van der Waals surface area contributed by atoms with Gasteiger partial charge in [-0.1, -0.05) is 84.4 Å². The molecule has 0 aromatic heterocycles. The minimum absolute atomic E-state index is 0.0519. The summed E-state index contributed by atoms with van der Waals surface area (Å²) in [6.07, 6.45) is 0.313. The second-order valence-corrected chi connectivity index (χ2v) is 9.76. The Bertz CT molecular complexity index is 1510. The predicted molar refractivity (Wildman–Crippen MR) is 159 cm³/mol. The van der Waals surface area contributed by atoms with Gasteiger partial charge in [0.15, 0.2) is 0 Å². The number of carboxylic acids is 1. The molecule has 0 atom stereocenters. The van der Waals surface area contributed by atoms with Crippen LogP contribution < -0.4 is 10.1 Å². The highest BCUT2D eigenvalue weighted by Gasteiger charge is 2.23. The Labute approximate surface area is 240 Å². The van der Waals surface area contributed by atoms with Crippen molar-refractivity contribution in [3.8, 4) is 16.9 Å². The van der Waals surface area contributed by atoms with E-state index in [0.717, 1.165) is 16.7 Å². The van der Waals surface area contributed by atoms with Crippen LogP contribution >= 0.6 is 0 Å². The van der Waals surface area contributed by atoms with Crippen LogP contribution in [0.3, 0.4) is 0 Å². The molecule has 0 radical (unpaired) electrons. The van der Waals surface area contributed by atoms with Crippen LogP contribution in [0, 0.1) is 6.92 Å². The number of carbonyl (C=O) groups is 3. The summed E-state index contributed by atoms with van der Waals surface area (Å²) in [5.74, 6) is -0.818. The molecule has 4 aromatic rings. The molecule has 0 spiro atoms. The minimum Gasteiger partial charge on any atom is -0.496 e. The van der Waals surface area contributed by atoms with Gasteiger partial charge in [0.2, 0.25) is 0 Å². The third-order valence-electron chi connectivity index (χ3n) is 6.92. The Balaban J connectivity index is 1.61. The van der Waals surface area contributed by atoms with Gasteiger partial charge in [0.25, 0.3) is 11.8 Å². The molecule has 0 saturated heterocycles. The van der Waals surface area contributed by atoms with Gasteiger partial charge in [-0.3, -0.25) is 14.4 Å². The zero-order valence-electron chi connectivity index (χ0n) is 23.3. The third-order valence-corrected chi connectivity index (χ3v) is 6.92. The topological polar surface area (TPSA) is 95.9 Å². The van der Waals surface area contributed by atoms with Crippen molar-refractivity contribution in [3.05, 3.63) is 125 Å². The Kier molecular flexibility index (Phi) is 9.89. The van der Waals surface area contributed by atoms with Gasteiger partial charge in [0.05, 0.1) is 13.5 Å². The zero-order valence-corrected chi connectivity index (χ0v) is 23.3. The summed E-state index contributed by atoms with van der Waals surface area (Å²) in [5.41, 5.74) is 5.14. The molecule has 0 saturated carbocycles. The van der Waals surface area contributed by atoms with E-state index in [1.54, 1.807) is 36.3 Å². The normalized spacial score (nSPS) is 10.6. The average molecular weight is 551 g/mol. The van der Waals surface area contributed by atoms with E-state index >= 15 is 0 Å². The molecule has 0 aliphatic heterocycles. The van der Waals surface area contributed by atoms with E-state index in [0.29, 0.717) is 47.5 Å². The summed E-state index contributed by atoms with van der Waals surface area (Å²) in [7, 11) is 1.59. The highest BCUT2D eigenvalue weighted by Crippen LogP contribution is 2.29. The van der Waals surface area contributed by atoms with Crippen LogP contribution in [-0.2, 0) is 17.8 Å². The first-order chi connectivity index (χ1) is 19.9. The smallest absolute Gasteiger partial charge is 0.305 e. The number of nitrogens with zero attached hydrogens (tertiary/aromatic N) is 1. The molecule has 2 amide bonds. The number of aliphatic carboxylic acids is 1. The quantitative estimate of drug-likeness (QED) is 0.234. The van der Waals surface area contributed by atoms with Gasteiger partial charge in [0.1, 0.15) is 5.75 Å². The van der Waals surface area contributed by atoms with E-state index < -0.39 is 5.97 Å². The van der Waals surface area contributed by atoms with E-state index in [9.17, 15) is 19.5 Å². The molecule has 2 N–H and O–H groups in total. The lowest BCUT2D eigenvalue weighted by atomic mass is 9.94. The maximum Gasteiger partial charge on any atom is 0.305 e. The van der Waals surface area contributed by atoms with Gasteiger partial charge < -0.3 is 20.1 Å². The van der Waals surface area contributed by atoms with Crippen LogP contribution in [0.5, 0.6) is 5.75 Å². The zero-order chi connectivity index (χ0) is 29.2. The van der Waals surface area contributed by atoms with Gasteiger partial charge in [-0.05, 0) is 53.8 Å². The van der Waals surface area contributed by atoms with Gasteiger partial charge in [0, 0.05) is 30.8 Å². The van der Waals surface area contributed by atoms with Gasteiger partial charge in [-0.15, -0.1) is 0 Å². The third kappa shape index (κ3) is 7.60. The van der Waals surface area contributed by atoms with Crippen LogP contribution in [-0.4, -0.2) is 48.0 Å². The van der Waals surface area contributed by atoms with Crippen molar-refractivity contribution in [1.82, 2.24) is 10.2 Å². The molecule has 0 heterocycles. The number of amides is 2. The number of ether oxygens (including phenoxy) is 1. The number of nitrogens with one attached hydrogen (secondary N) is 1. The van der Waals surface area contributed by atoms with E-state index in [-0.39, 0.29) is 24.8 Å². The first kappa shape index (κ1) is 29.1. The summed E-state index contributed by atoms with van der Waals surface area (Å²) in [4.78, 5) is 40.2. The number of hydrogen-bond donors (Lipinski definition) is 2. The van der Waals surface area contributed by atoms with E-state index in [4.69, 9.17) is 4.74 Å². The first-order valence-electron chi connectivity index (χ1n) is 13.5. The van der Waals surface area contributed by atoms with E-state index in [1.165, 1.54) is 0 Å². The first-order valence-corrected chi connectivity index (χ1v) is 13.5. The highest BCUT2D eigenvalue weighted by atomic mass is 16.5. The number of aryl methyl sites for hydroxylation is 1. The minimum atomic E-state index is -0.982. The molecule has 0 unspecified atom stereocenters. The summed E-state index contributed by atoms with van der Waals surface area (Å²) in [6.45, 7) is 2.74. The number of hydrogen-bond acceptors (Lipinski definition) is 4. The van der Waals surface area contributed by atoms with Crippen LogP contribution in [0.1, 0.15) is 43.8 Å². The molecule has 0 aliphatic rings. The average Bonchev–Trinajstić information content (AvgIpc) is 3.00. The standard InChI is InChI=1S/C34H34N2O5/c1-24-15-17-25(18-16-24)23-35-33(39)29-12-6-4-10-27(29)28-11-5-7-13-30(28)34(40)36(22-20-32(37)38)21-19-26-9-3-8-14-31(26)41-2/h3-18H,19-23H2,1-2H3,(H,35,39)(H,37,38). The van der Waals surface area contributed by atoms with Crippen LogP contribution in [0.25, 0.3) is 11.1 Å². The lowest BCUT2D eigenvalue weighted by molar-refractivity contribution is -0.137. The predicted octanol–water partition coefficient (Wildman–Crippen LogP) is 5.76. The van der Waals surface area contributed by atoms with Gasteiger partial charge in [-0.25, -0.2) is 0 Å². The number of methoxy groups -OCH3 is 1. The highest BCUT2D eigenvalue weighted by molar-refractivity contribution is 6.06. The second kappa shape index (κ2) is 13.9. The number of carboxylic acid groups (broad SMARTS) is 1. The SMILES string of the molecule is COc1ccccc1CCN(CCC(=O)O)C(=O)c1ccccc1-c1ccccc1C(=O)NCc1ccc(C)cc1. The fourth-order valence-corrected chi connectivity index (χ4v) is 4.68. The monoisotopic (exact) mass is 550 g/mol. The summed E-state index contributed by atoms with van der Waals surface area (Å²) >= 11 is 0. The Morgan fingerprint density at radius 3 is 2.07 bits per heavy atom. The maximum absolute atomic E-state index is 13.9. The van der Waals surface area contributed by atoms with Gasteiger partial charge >= 0.3 is 5.97 Å². The largest absolute Gasteiger partial charge is 0.496 e. The molecule has 7 nitrogen and oxygen atoms in total. The fraction of sp³-hybridized carbons (Fsp3) is 0.206. The summed E-state index contributed by atoms with van der Waals surface area (Å²) in [6, 6.07) is 29.8. The van der Waals surface area contributed by atoms with E-state index in [1.807, 2.05) is 79.7 Å². The van der Waals surface area contributed by atoms with Crippen molar-refractivity contribution in [2.24, 2.45) is 0 Å². The molecule has 0 fully saturated rings. The lowest BCUT2D eigenvalue weighted by Crippen LogP contribution is -2.35. The van der Waals surface area contributed by atoms with Crippen molar-refractivity contribution in [3.63, 3.8) is 0 Å². The maximum atomic E-state index is 13.9. The van der Waals surface area contributed by atoms with Crippen LogP contribution in [0.2, 0.25) is 0 Å². The van der Waals surface area contributed by atoms with Crippen molar-refractivity contribution in [1.29, 1.82) is 0 Å². The van der Waals surface area contributed by atoms with Crippen LogP contribution in [0.4, 0.5) is 0 Å². The molecule has 0 aliphatic carbocycles. The number of benzene rings is 4. The van der Waals surface area contributed by atoms with Crippen molar-refractivity contribution >= 4 is 17.8 Å². The molecule has 210 valence electrons. The molecular weight excluding hydrogens is 516 g/mol. The summed E-state index contributed by atoms with van der Waals surface area (Å²) in [5, 5.41) is 12.3. The second-order valence-electron chi connectivity index (χ2n) is 9.76. The van der Waals surface area contributed by atoms with Crippen molar-refractivity contribution < 1.29 is 24.2 Å². The lowest BCUT2D eigenvalue weighted by Gasteiger charge is -2.24. The Morgan fingerprint density at radius 1 is 0.780 bits per heavy atom. The van der Waals surface area contributed by atoms with E-state index in [2.05, 4.69) is 5.32 Å². The summed E-state index contributed by atoms with van der Waals surface area (Å²) < 4.78 is 5.45.